The summed E-state index contributed by atoms with van der Waals surface area (Å²) in [7, 11) is -2.51. The number of rotatable bonds is 7. The Labute approximate surface area is 194 Å². The van der Waals surface area contributed by atoms with Crippen molar-refractivity contribution in [3.63, 3.8) is 0 Å². The summed E-state index contributed by atoms with van der Waals surface area (Å²) >= 11 is 13.1. The molecule has 0 spiro atoms. The van der Waals surface area contributed by atoms with Gasteiger partial charge >= 0.3 is 0 Å². The molecule has 3 rings (SSSR count). The second-order valence-corrected chi connectivity index (χ2v) is 11.0. The SMILES string of the molecule is CN(CC(=O)Nc1ccc(C(C#N)c2ccccc2)c(Cl)c1)S(=O)(=O)c1ccc(Cl)s1. The van der Waals surface area contributed by atoms with E-state index in [0.717, 1.165) is 21.2 Å². The number of nitrogens with one attached hydrogen (secondary N) is 1. The minimum atomic E-state index is -3.82. The van der Waals surface area contributed by atoms with Gasteiger partial charge in [0.25, 0.3) is 10.0 Å². The van der Waals surface area contributed by atoms with Crippen molar-refractivity contribution in [3.8, 4) is 6.07 Å². The number of thiophene rings is 1. The summed E-state index contributed by atoms with van der Waals surface area (Å²) in [5.74, 6) is -1.08. The van der Waals surface area contributed by atoms with Gasteiger partial charge in [-0.15, -0.1) is 11.3 Å². The van der Waals surface area contributed by atoms with Crippen molar-refractivity contribution in [2.24, 2.45) is 0 Å². The zero-order chi connectivity index (χ0) is 22.6. The molecule has 31 heavy (non-hydrogen) atoms. The minimum absolute atomic E-state index is 0.0589. The molecule has 1 N–H and O–H groups in total. The van der Waals surface area contributed by atoms with Crippen LogP contribution in [-0.4, -0.2) is 32.2 Å². The molecule has 1 heterocycles. The molecule has 1 aromatic heterocycles. The summed E-state index contributed by atoms with van der Waals surface area (Å²) in [6.07, 6.45) is 0. The van der Waals surface area contributed by atoms with Gasteiger partial charge in [0.05, 0.1) is 22.9 Å². The van der Waals surface area contributed by atoms with Crippen LogP contribution < -0.4 is 5.32 Å². The fourth-order valence-corrected chi connectivity index (χ4v) is 6.00. The number of anilines is 1. The third kappa shape index (κ3) is 5.45. The van der Waals surface area contributed by atoms with Crippen LogP contribution in [-0.2, 0) is 14.8 Å². The van der Waals surface area contributed by atoms with Crippen LogP contribution in [0.3, 0.4) is 0 Å². The number of carbonyl (C=O) groups is 1. The molecule has 2 aromatic carbocycles. The van der Waals surface area contributed by atoms with Gasteiger partial charge in [0.2, 0.25) is 5.91 Å². The van der Waals surface area contributed by atoms with Crippen LogP contribution in [0.25, 0.3) is 0 Å². The van der Waals surface area contributed by atoms with Crippen molar-refractivity contribution < 1.29 is 13.2 Å². The first-order chi connectivity index (χ1) is 14.7. The molecular weight excluding hydrogens is 477 g/mol. The van der Waals surface area contributed by atoms with Crippen LogP contribution >= 0.6 is 34.5 Å². The molecule has 1 unspecified atom stereocenters. The third-order valence-electron chi connectivity index (χ3n) is 4.44. The Kier molecular flexibility index (Phi) is 7.36. The van der Waals surface area contributed by atoms with Gasteiger partial charge < -0.3 is 5.32 Å². The molecule has 0 aliphatic rings. The van der Waals surface area contributed by atoms with E-state index in [1.807, 2.05) is 30.3 Å². The molecule has 6 nitrogen and oxygen atoms in total. The first-order valence-corrected chi connectivity index (χ1v) is 12.0. The minimum Gasteiger partial charge on any atom is -0.325 e. The first-order valence-electron chi connectivity index (χ1n) is 8.98. The van der Waals surface area contributed by atoms with Crippen molar-refractivity contribution >= 4 is 56.2 Å². The highest BCUT2D eigenvalue weighted by atomic mass is 35.5. The van der Waals surface area contributed by atoms with Gasteiger partial charge in [-0.25, -0.2) is 8.42 Å². The summed E-state index contributed by atoms with van der Waals surface area (Å²) in [6, 6.07) is 19.2. The van der Waals surface area contributed by atoms with Gasteiger partial charge in [-0.2, -0.15) is 9.57 Å². The van der Waals surface area contributed by atoms with Crippen LogP contribution in [0.2, 0.25) is 9.36 Å². The van der Waals surface area contributed by atoms with E-state index in [0.29, 0.717) is 20.6 Å². The predicted octanol–water partition coefficient (Wildman–Crippen LogP) is 4.97. The Morgan fingerprint density at radius 2 is 1.87 bits per heavy atom. The molecule has 0 aliphatic heterocycles. The molecule has 0 aliphatic carbocycles. The number of benzene rings is 2. The third-order valence-corrected chi connectivity index (χ3v) is 8.27. The van der Waals surface area contributed by atoms with E-state index in [1.165, 1.54) is 25.2 Å². The Balaban J connectivity index is 1.71. The molecule has 0 bridgehead atoms. The molecule has 1 amide bonds. The molecule has 160 valence electrons. The molecule has 0 fully saturated rings. The van der Waals surface area contributed by atoms with E-state index in [1.54, 1.807) is 12.1 Å². The Bertz CT molecular complexity index is 1240. The molecule has 0 radical (unpaired) electrons. The lowest BCUT2D eigenvalue weighted by Crippen LogP contribution is -2.34. The van der Waals surface area contributed by atoms with Crippen molar-refractivity contribution in [2.75, 3.05) is 18.9 Å². The summed E-state index contributed by atoms with van der Waals surface area (Å²) in [4.78, 5) is 12.4. The topological polar surface area (TPSA) is 90.3 Å². The van der Waals surface area contributed by atoms with Crippen LogP contribution in [0, 0.1) is 11.3 Å². The van der Waals surface area contributed by atoms with E-state index in [9.17, 15) is 18.5 Å². The average molecular weight is 494 g/mol. The number of nitrogens with zero attached hydrogens (tertiary/aromatic N) is 2. The van der Waals surface area contributed by atoms with Crippen LogP contribution in [0.5, 0.6) is 0 Å². The number of carbonyl (C=O) groups excluding carboxylic acids is 1. The van der Waals surface area contributed by atoms with Crippen molar-refractivity contribution in [1.82, 2.24) is 4.31 Å². The zero-order valence-electron chi connectivity index (χ0n) is 16.2. The summed E-state index contributed by atoms with van der Waals surface area (Å²) in [5.41, 5.74) is 1.82. The highest BCUT2D eigenvalue weighted by molar-refractivity contribution is 7.91. The summed E-state index contributed by atoms with van der Waals surface area (Å²) < 4.78 is 26.4. The van der Waals surface area contributed by atoms with E-state index < -0.39 is 21.8 Å². The van der Waals surface area contributed by atoms with Gasteiger partial charge in [-0.1, -0.05) is 59.6 Å². The van der Waals surface area contributed by atoms with Gasteiger partial charge in [0.15, 0.2) is 0 Å². The van der Waals surface area contributed by atoms with Crippen molar-refractivity contribution in [2.45, 2.75) is 10.1 Å². The fourth-order valence-electron chi connectivity index (χ4n) is 2.89. The van der Waals surface area contributed by atoms with Gasteiger partial charge in [-0.3, -0.25) is 4.79 Å². The highest BCUT2D eigenvalue weighted by Gasteiger charge is 2.25. The van der Waals surface area contributed by atoms with Crippen LogP contribution in [0.1, 0.15) is 17.0 Å². The molecule has 0 saturated heterocycles. The number of halogens is 2. The van der Waals surface area contributed by atoms with E-state index >= 15 is 0 Å². The Morgan fingerprint density at radius 3 is 2.45 bits per heavy atom. The van der Waals surface area contributed by atoms with Crippen molar-refractivity contribution in [3.05, 3.63) is 81.1 Å². The standard InChI is InChI=1S/C21H17Cl2N3O3S2/c1-26(31(28,29)21-10-9-19(23)30-21)13-20(27)25-15-7-8-16(18(22)11-15)17(12-24)14-5-3-2-4-6-14/h2-11,17H,13H2,1H3,(H,25,27). The molecule has 10 heteroatoms. The van der Waals surface area contributed by atoms with E-state index in [2.05, 4.69) is 11.4 Å². The normalized spacial score (nSPS) is 12.4. The molecular formula is C21H17Cl2N3O3S2. The Morgan fingerprint density at radius 1 is 1.16 bits per heavy atom. The maximum absolute atomic E-state index is 12.5. The van der Waals surface area contributed by atoms with E-state index in [-0.39, 0.29) is 10.8 Å². The van der Waals surface area contributed by atoms with Gasteiger partial charge in [0, 0.05) is 17.8 Å². The predicted molar refractivity (Wildman–Crippen MR) is 123 cm³/mol. The quantitative estimate of drug-likeness (QED) is 0.502. The van der Waals surface area contributed by atoms with Gasteiger partial charge in [-0.05, 0) is 35.4 Å². The lowest BCUT2D eigenvalue weighted by atomic mass is 9.92. The summed E-state index contributed by atoms with van der Waals surface area (Å²) in [6.45, 7) is -0.387. The number of likely N-dealkylation sites (N-methyl/N-ethyl adjacent to an activating group) is 1. The maximum Gasteiger partial charge on any atom is 0.252 e. The maximum atomic E-state index is 12.5. The molecule has 0 saturated carbocycles. The fraction of sp³-hybridized carbons (Fsp3) is 0.143. The molecule has 1 atom stereocenters. The smallest absolute Gasteiger partial charge is 0.252 e. The average Bonchev–Trinajstić information content (AvgIpc) is 3.18. The number of nitriles is 1. The lowest BCUT2D eigenvalue weighted by molar-refractivity contribution is -0.116. The largest absolute Gasteiger partial charge is 0.325 e. The van der Waals surface area contributed by atoms with Crippen LogP contribution in [0.4, 0.5) is 5.69 Å². The van der Waals surface area contributed by atoms with Crippen molar-refractivity contribution in [1.29, 1.82) is 5.26 Å². The monoisotopic (exact) mass is 493 g/mol. The number of sulfonamides is 1. The Hall–Kier alpha value is -2.41. The second kappa shape index (κ2) is 9.81. The first kappa shape index (κ1) is 23.3. The summed E-state index contributed by atoms with van der Waals surface area (Å²) in [5, 5.41) is 12.5. The highest BCUT2D eigenvalue weighted by Crippen LogP contribution is 2.32. The molecule has 3 aromatic rings. The van der Waals surface area contributed by atoms with E-state index in [4.69, 9.17) is 23.2 Å². The number of hydrogen-bond donors (Lipinski definition) is 1. The van der Waals surface area contributed by atoms with Gasteiger partial charge in [0.1, 0.15) is 4.21 Å². The van der Waals surface area contributed by atoms with Crippen LogP contribution in [0.15, 0.2) is 64.9 Å². The lowest BCUT2D eigenvalue weighted by Gasteiger charge is -2.16. The zero-order valence-corrected chi connectivity index (χ0v) is 19.4. The second-order valence-electron chi connectivity index (χ2n) is 6.58. The number of hydrogen-bond acceptors (Lipinski definition) is 5. The number of amides is 1.